The zero-order valence-electron chi connectivity index (χ0n) is 51.4. The van der Waals surface area contributed by atoms with Gasteiger partial charge >= 0.3 is 47.8 Å². The maximum Gasteiger partial charge on any atom is 0.347 e. The molecule has 17 nitrogen and oxygen atoms in total. The van der Waals surface area contributed by atoms with E-state index in [1.165, 1.54) is 0 Å². The summed E-state index contributed by atoms with van der Waals surface area (Å²) in [6.45, 7) is 17.4. The zero-order chi connectivity index (χ0) is 59.7. The molecular formula is C66H96O17. The molecule has 1 N–H and O–H groups in total. The number of esters is 8. The van der Waals surface area contributed by atoms with Crippen molar-refractivity contribution < 1.29 is 81.4 Å². The fraction of sp³-hybridized carbons (Fsp3) is 0.879. The molecule has 0 spiro atoms. The summed E-state index contributed by atoms with van der Waals surface area (Å²) >= 11 is 0. The highest BCUT2D eigenvalue weighted by atomic mass is 16.6. The van der Waals surface area contributed by atoms with Crippen molar-refractivity contribution in [3.63, 3.8) is 0 Å². The Morgan fingerprint density at radius 1 is 0.639 bits per heavy atom. The van der Waals surface area contributed by atoms with E-state index >= 15 is 24.0 Å². The summed E-state index contributed by atoms with van der Waals surface area (Å²) in [6, 6.07) is 0. The Labute approximate surface area is 490 Å². The maximum atomic E-state index is 15.9. The Bertz CT molecular complexity index is 2590. The molecule has 0 aromatic heterocycles. The number of hydrogen-bond acceptors (Lipinski definition) is 17. The first kappa shape index (κ1) is 60.4. The molecule has 13 rings (SSSR count). The van der Waals surface area contributed by atoms with Crippen LogP contribution in [0.2, 0.25) is 0 Å². The monoisotopic (exact) mass is 1160 g/mol. The van der Waals surface area contributed by atoms with Crippen LogP contribution in [0.15, 0.2) is 0 Å². The van der Waals surface area contributed by atoms with Gasteiger partial charge in [-0.25, -0.2) is 9.59 Å². The molecule has 10 bridgehead atoms. The third kappa shape index (κ3) is 11.0. The molecular weight excluding hydrogens is 1060 g/mol. The van der Waals surface area contributed by atoms with Crippen LogP contribution in [-0.2, 0) is 76.3 Å². The Morgan fingerprint density at radius 3 is 1.83 bits per heavy atom. The third-order valence-corrected chi connectivity index (χ3v) is 23.9. The van der Waals surface area contributed by atoms with Gasteiger partial charge in [-0.05, 0) is 218 Å². The smallest absolute Gasteiger partial charge is 0.347 e. The van der Waals surface area contributed by atoms with Crippen LogP contribution in [0.25, 0.3) is 0 Å². The molecule has 462 valence electrons. The molecule has 17 heteroatoms. The van der Waals surface area contributed by atoms with E-state index in [0.717, 1.165) is 57.8 Å². The highest BCUT2D eigenvalue weighted by molar-refractivity contribution is 5.88. The largest absolute Gasteiger partial charge is 0.463 e. The van der Waals surface area contributed by atoms with E-state index in [-0.39, 0.29) is 86.1 Å². The van der Waals surface area contributed by atoms with Crippen LogP contribution in [0, 0.1) is 86.3 Å². The van der Waals surface area contributed by atoms with Gasteiger partial charge in [-0.1, -0.05) is 27.7 Å². The third-order valence-electron chi connectivity index (χ3n) is 23.9. The van der Waals surface area contributed by atoms with Gasteiger partial charge in [-0.2, -0.15) is 0 Å². The quantitative estimate of drug-likeness (QED) is 0.0740. The van der Waals surface area contributed by atoms with Gasteiger partial charge < -0.3 is 43.0 Å². The summed E-state index contributed by atoms with van der Waals surface area (Å²) in [6.07, 6.45) is 10.5. The van der Waals surface area contributed by atoms with Crippen molar-refractivity contribution in [2.24, 2.45) is 86.3 Å². The first-order valence-corrected chi connectivity index (χ1v) is 32.3. The van der Waals surface area contributed by atoms with Gasteiger partial charge in [0.15, 0.2) is 6.61 Å². The van der Waals surface area contributed by atoms with E-state index in [1.807, 2.05) is 27.7 Å². The summed E-state index contributed by atoms with van der Waals surface area (Å²) in [7, 11) is 0. The average molecular weight is 1160 g/mol. The average Bonchev–Trinajstić information content (AvgIpc) is 1.61. The van der Waals surface area contributed by atoms with Crippen molar-refractivity contribution in [2.75, 3.05) is 13.2 Å². The molecule has 15 atom stereocenters. The minimum absolute atomic E-state index is 0.0112. The molecule has 0 aromatic rings. The Hall–Kier alpha value is -4.28. The lowest BCUT2D eigenvalue weighted by Crippen LogP contribution is -2.61. The zero-order valence-corrected chi connectivity index (χ0v) is 51.4. The van der Waals surface area contributed by atoms with Gasteiger partial charge in [0.05, 0.1) is 45.2 Å². The summed E-state index contributed by atoms with van der Waals surface area (Å²) in [5, 5.41) is 11.7. The van der Waals surface area contributed by atoms with Crippen LogP contribution in [0.1, 0.15) is 223 Å². The van der Waals surface area contributed by atoms with Crippen LogP contribution in [0.5, 0.6) is 0 Å². The van der Waals surface area contributed by atoms with E-state index in [4.69, 9.17) is 37.9 Å². The van der Waals surface area contributed by atoms with Gasteiger partial charge in [0.25, 0.3) is 0 Å². The highest BCUT2D eigenvalue weighted by Crippen LogP contribution is 2.63. The molecule has 0 radical (unpaired) electrons. The molecule has 13 fully saturated rings. The Morgan fingerprint density at radius 2 is 1.24 bits per heavy atom. The number of hydrogen-bond donors (Lipinski definition) is 1. The van der Waals surface area contributed by atoms with Crippen molar-refractivity contribution in [1.82, 2.24) is 0 Å². The molecule has 2 heterocycles. The fourth-order valence-electron chi connectivity index (χ4n) is 20.9. The van der Waals surface area contributed by atoms with Crippen LogP contribution >= 0.6 is 0 Å². The van der Waals surface area contributed by atoms with Crippen LogP contribution in [0.3, 0.4) is 0 Å². The predicted molar refractivity (Wildman–Crippen MR) is 298 cm³/mol. The second kappa shape index (κ2) is 21.3. The summed E-state index contributed by atoms with van der Waals surface area (Å²) in [5.41, 5.74) is -11.5. The standard InChI is InChI=1S/C66H96O17/c1-11-46-42-21-38-19-39(22-42)30-66(46,29-38)83-56(73)59(7,12-2)33-62(10,57(74)82-65(37(3)4)16-13-14-17-65)35-61(9,55(72)78-47-15-18-76-52(47)69)34-60(8,54(71)77-31-48(67)79-49-43-23-44-45(24-43)51(68)80-50(44)49)32-58(5,6)53(70)81-64-27-40-20-41(28-64)26-63(75,25-40)36-64/h37-47,49-50,75H,11-36H2,1-10H3. The predicted octanol–water partition coefficient (Wildman–Crippen LogP) is 10.2. The lowest BCUT2D eigenvalue weighted by Gasteiger charge is -2.60. The number of ether oxygens (including phenoxy) is 8. The van der Waals surface area contributed by atoms with E-state index in [9.17, 15) is 19.5 Å². The molecule has 15 unspecified atom stereocenters. The lowest BCUT2D eigenvalue weighted by molar-refractivity contribution is -0.226. The number of carbonyl (C=O) groups is 8. The number of fused-ring (bicyclic) bond motifs is 1. The highest BCUT2D eigenvalue weighted by Gasteiger charge is 2.66. The Balaban J connectivity index is 0.936. The number of rotatable bonds is 23. The van der Waals surface area contributed by atoms with E-state index in [0.29, 0.717) is 75.5 Å². The summed E-state index contributed by atoms with van der Waals surface area (Å²) in [4.78, 5) is 117. The molecule has 11 aliphatic carbocycles. The Kier molecular flexibility index (Phi) is 15.5. The van der Waals surface area contributed by atoms with Gasteiger partial charge in [0, 0.05) is 30.6 Å². The van der Waals surface area contributed by atoms with Crippen molar-refractivity contribution in [2.45, 2.75) is 264 Å². The molecule has 13 aliphatic rings. The van der Waals surface area contributed by atoms with Gasteiger partial charge in [-0.3, -0.25) is 28.8 Å². The normalized spacial score (nSPS) is 39.5. The number of aliphatic hydroxyl groups is 1. The van der Waals surface area contributed by atoms with E-state index < -0.39 is 123 Å². The van der Waals surface area contributed by atoms with Crippen LogP contribution in [0.4, 0.5) is 0 Å². The van der Waals surface area contributed by atoms with Crippen LogP contribution < -0.4 is 0 Å². The molecule has 0 aromatic carbocycles. The lowest BCUT2D eigenvalue weighted by atomic mass is 9.49. The van der Waals surface area contributed by atoms with Crippen molar-refractivity contribution in [3.05, 3.63) is 0 Å². The fourth-order valence-corrected chi connectivity index (χ4v) is 20.9. The molecule has 11 saturated carbocycles. The number of cyclic esters (lactones) is 1. The molecule has 2 saturated heterocycles. The van der Waals surface area contributed by atoms with Crippen molar-refractivity contribution in [3.8, 4) is 0 Å². The van der Waals surface area contributed by atoms with Crippen molar-refractivity contribution >= 4 is 47.8 Å². The first-order chi connectivity index (χ1) is 38.9. The first-order valence-electron chi connectivity index (χ1n) is 32.3. The summed E-state index contributed by atoms with van der Waals surface area (Å²) in [5.74, 6) is -3.71. The number of carbonyl (C=O) groups excluding carboxylic acids is 8. The van der Waals surface area contributed by atoms with Crippen LogP contribution in [-0.4, -0.2) is 107 Å². The molecule has 2 aliphatic heterocycles. The SMILES string of the molecule is CCC1C2CC3CC(C2)CC1(OC(=O)C(C)(CC)CC(C)(CC(C)(CC(C)(CC(C)(C)C(=O)OC12CC4CC(CC(O)(C4)C1)C2)C(=O)OCC(=O)OC1C2CC4C(=O)OC1C4C2)C(=O)OC1CCOC1=O)C(=O)OC1(C(C)C)CCCC1)C3. The van der Waals surface area contributed by atoms with E-state index in [2.05, 4.69) is 6.92 Å². The molecule has 83 heavy (non-hydrogen) atoms. The summed E-state index contributed by atoms with van der Waals surface area (Å²) < 4.78 is 49.4. The second-order valence-electron chi connectivity index (χ2n) is 31.6. The van der Waals surface area contributed by atoms with Gasteiger partial charge in [0.1, 0.15) is 29.0 Å². The topological polar surface area (TPSA) is 231 Å². The van der Waals surface area contributed by atoms with Gasteiger partial charge in [0.2, 0.25) is 6.10 Å². The maximum absolute atomic E-state index is 15.9. The van der Waals surface area contributed by atoms with Gasteiger partial charge in [-0.15, -0.1) is 0 Å². The van der Waals surface area contributed by atoms with E-state index in [1.54, 1.807) is 34.6 Å². The molecule has 0 amide bonds. The minimum atomic E-state index is -1.90. The minimum Gasteiger partial charge on any atom is -0.463 e. The van der Waals surface area contributed by atoms with Crippen molar-refractivity contribution in [1.29, 1.82) is 0 Å². The second-order valence-corrected chi connectivity index (χ2v) is 31.6.